The Balaban J connectivity index is 2.91. The van der Waals surface area contributed by atoms with Gasteiger partial charge in [-0.2, -0.15) is 11.8 Å². The zero-order valence-electron chi connectivity index (χ0n) is 11.1. The highest BCUT2D eigenvalue weighted by atomic mass is 32.2. The Morgan fingerprint density at radius 2 is 2.18 bits per heavy atom. The summed E-state index contributed by atoms with van der Waals surface area (Å²) in [5.41, 5.74) is 3.01. The molecule has 0 aliphatic heterocycles. The standard InChI is InChI=1S/C14H21NOS/c1-5-13(10-17-4)15(3)14-7-6-12(9-16)11(2)8-14/h6-9,13H,5,10H2,1-4H3. The molecule has 0 amide bonds. The molecule has 0 fully saturated rings. The number of rotatable bonds is 6. The Morgan fingerprint density at radius 3 is 2.65 bits per heavy atom. The smallest absolute Gasteiger partial charge is 0.150 e. The van der Waals surface area contributed by atoms with Crippen LogP contribution in [0.1, 0.15) is 29.3 Å². The van der Waals surface area contributed by atoms with Crippen LogP contribution in [-0.2, 0) is 0 Å². The van der Waals surface area contributed by atoms with Gasteiger partial charge in [0.15, 0.2) is 0 Å². The van der Waals surface area contributed by atoms with Crippen LogP contribution < -0.4 is 4.90 Å². The first kappa shape index (κ1) is 14.1. The first-order chi connectivity index (χ1) is 8.13. The van der Waals surface area contributed by atoms with Gasteiger partial charge in [-0.1, -0.05) is 6.92 Å². The predicted octanol–water partition coefficient (Wildman–Crippen LogP) is 3.39. The molecule has 1 unspecified atom stereocenters. The molecule has 0 aromatic heterocycles. The average Bonchev–Trinajstić information content (AvgIpc) is 2.35. The summed E-state index contributed by atoms with van der Waals surface area (Å²) in [4.78, 5) is 13.1. The van der Waals surface area contributed by atoms with Crippen LogP contribution in [0.4, 0.5) is 5.69 Å². The van der Waals surface area contributed by atoms with Gasteiger partial charge in [0.1, 0.15) is 6.29 Å². The molecule has 1 aromatic carbocycles. The Hall–Kier alpha value is -0.960. The van der Waals surface area contributed by atoms with Crippen LogP contribution >= 0.6 is 11.8 Å². The fourth-order valence-corrected chi connectivity index (χ4v) is 2.76. The molecule has 94 valence electrons. The molecule has 2 nitrogen and oxygen atoms in total. The van der Waals surface area contributed by atoms with Crippen molar-refractivity contribution in [2.75, 3.05) is 24.0 Å². The fraction of sp³-hybridized carbons (Fsp3) is 0.500. The first-order valence-corrected chi connectivity index (χ1v) is 7.31. The van der Waals surface area contributed by atoms with Gasteiger partial charge in [-0.15, -0.1) is 0 Å². The molecule has 3 heteroatoms. The lowest BCUT2D eigenvalue weighted by molar-refractivity contribution is 0.112. The number of aryl methyl sites for hydroxylation is 1. The summed E-state index contributed by atoms with van der Waals surface area (Å²) < 4.78 is 0. The summed E-state index contributed by atoms with van der Waals surface area (Å²) in [6.45, 7) is 4.20. The van der Waals surface area contributed by atoms with Gasteiger partial charge >= 0.3 is 0 Å². The molecule has 0 radical (unpaired) electrons. The van der Waals surface area contributed by atoms with E-state index in [1.807, 2.05) is 30.8 Å². The maximum absolute atomic E-state index is 10.8. The third kappa shape index (κ3) is 3.50. The molecule has 1 aromatic rings. The van der Waals surface area contributed by atoms with E-state index in [0.717, 1.165) is 29.6 Å². The quantitative estimate of drug-likeness (QED) is 0.723. The second kappa shape index (κ2) is 6.70. The fourth-order valence-electron chi connectivity index (χ4n) is 1.92. The van der Waals surface area contributed by atoms with Crippen molar-refractivity contribution in [2.24, 2.45) is 0 Å². The van der Waals surface area contributed by atoms with Crippen LogP contribution in [0.2, 0.25) is 0 Å². The van der Waals surface area contributed by atoms with Crippen LogP contribution in [0.25, 0.3) is 0 Å². The predicted molar refractivity (Wildman–Crippen MR) is 77.4 cm³/mol. The van der Waals surface area contributed by atoms with E-state index >= 15 is 0 Å². The average molecular weight is 251 g/mol. The number of benzene rings is 1. The third-order valence-corrected chi connectivity index (χ3v) is 3.88. The monoisotopic (exact) mass is 251 g/mol. The highest BCUT2D eigenvalue weighted by Gasteiger charge is 2.13. The number of hydrogen-bond acceptors (Lipinski definition) is 3. The highest BCUT2D eigenvalue weighted by molar-refractivity contribution is 7.98. The normalized spacial score (nSPS) is 12.2. The van der Waals surface area contributed by atoms with E-state index in [9.17, 15) is 4.79 Å². The van der Waals surface area contributed by atoms with Crippen LogP contribution in [0.15, 0.2) is 18.2 Å². The molecular weight excluding hydrogens is 230 g/mol. The molecular formula is C14H21NOS. The lowest BCUT2D eigenvalue weighted by Gasteiger charge is -2.29. The largest absolute Gasteiger partial charge is 0.371 e. The van der Waals surface area contributed by atoms with Gasteiger partial charge in [-0.25, -0.2) is 0 Å². The Labute approximate surface area is 108 Å². The Kier molecular flexibility index (Phi) is 5.56. The number of nitrogens with zero attached hydrogens (tertiary/aromatic N) is 1. The summed E-state index contributed by atoms with van der Waals surface area (Å²) in [7, 11) is 2.12. The van der Waals surface area contributed by atoms with E-state index in [1.165, 1.54) is 5.69 Å². The number of carbonyl (C=O) groups excluding carboxylic acids is 1. The van der Waals surface area contributed by atoms with Crippen LogP contribution in [0.3, 0.4) is 0 Å². The van der Waals surface area contributed by atoms with Crippen molar-refractivity contribution < 1.29 is 4.79 Å². The van der Waals surface area contributed by atoms with Crippen LogP contribution in [0.5, 0.6) is 0 Å². The number of anilines is 1. The molecule has 1 rings (SSSR count). The van der Waals surface area contributed by atoms with Gasteiger partial charge < -0.3 is 4.90 Å². The minimum atomic E-state index is 0.548. The number of thioether (sulfide) groups is 1. The van der Waals surface area contributed by atoms with Crippen molar-refractivity contribution in [1.82, 2.24) is 0 Å². The molecule has 0 heterocycles. The molecule has 0 saturated carbocycles. The van der Waals surface area contributed by atoms with E-state index in [0.29, 0.717) is 6.04 Å². The van der Waals surface area contributed by atoms with Crippen molar-refractivity contribution >= 4 is 23.7 Å². The van der Waals surface area contributed by atoms with Crippen molar-refractivity contribution in [1.29, 1.82) is 0 Å². The van der Waals surface area contributed by atoms with Crippen molar-refractivity contribution in [3.05, 3.63) is 29.3 Å². The first-order valence-electron chi connectivity index (χ1n) is 5.91. The second-order valence-electron chi connectivity index (χ2n) is 4.29. The Bertz CT molecular complexity index is 378. The van der Waals surface area contributed by atoms with E-state index < -0.39 is 0 Å². The zero-order chi connectivity index (χ0) is 12.8. The van der Waals surface area contributed by atoms with Crippen molar-refractivity contribution in [3.63, 3.8) is 0 Å². The Morgan fingerprint density at radius 1 is 1.47 bits per heavy atom. The molecule has 0 bridgehead atoms. The lowest BCUT2D eigenvalue weighted by Crippen LogP contribution is -2.33. The minimum absolute atomic E-state index is 0.548. The molecule has 0 saturated heterocycles. The van der Waals surface area contributed by atoms with Crippen molar-refractivity contribution in [3.8, 4) is 0 Å². The van der Waals surface area contributed by atoms with Gasteiger partial charge in [0.25, 0.3) is 0 Å². The summed E-state index contributed by atoms with van der Waals surface area (Å²) in [5, 5.41) is 0. The molecule has 0 aliphatic rings. The summed E-state index contributed by atoms with van der Waals surface area (Å²) in [6.07, 6.45) is 4.18. The summed E-state index contributed by atoms with van der Waals surface area (Å²) >= 11 is 1.87. The van der Waals surface area contributed by atoms with E-state index in [2.05, 4.69) is 31.2 Å². The number of carbonyl (C=O) groups is 1. The summed E-state index contributed by atoms with van der Waals surface area (Å²) in [5.74, 6) is 1.13. The molecule has 17 heavy (non-hydrogen) atoms. The second-order valence-corrected chi connectivity index (χ2v) is 5.20. The van der Waals surface area contributed by atoms with Gasteiger partial charge in [0.2, 0.25) is 0 Å². The number of hydrogen-bond donors (Lipinski definition) is 0. The van der Waals surface area contributed by atoms with Gasteiger partial charge in [-0.3, -0.25) is 4.79 Å². The molecule has 0 aliphatic carbocycles. The SMILES string of the molecule is CCC(CSC)N(C)c1ccc(C=O)c(C)c1. The maximum Gasteiger partial charge on any atom is 0.150 e. The van der Waals surface area contributed by atoms with Crippen LogP contribution in [-0.4, -0.2) is 31.4 Å². The topological polar surface area (TPSA) is 20.3 Å². The van der Waals surface area contributed by atoms with Gasteiger partial charge in [0, 0.05) is 30.1 Å². The van der Waals surface area contributed by atoms with Gasteiger partial charge in [-0.05, 0) is 43.4 Å². The molecule has 1 atom stereocenters. The maximum atomic E-state index is 10.8. The molecule has 0 N–H and O–H groups in total. The van der Waals surface area contributed by atoms with Crippen LogP contribution in [0, 0.1) is 6.92 Å². The zero-order valence-corrected chi connectivity index (χ0v) is 11.9. The lowest BCUT2D eigenvalue weighted by atomic mass is 10.1. The van der Waals surface area contributed by atoms with Gasteiger partial charge in [0.05, 0.1) is 0 Å². The number of aldehydes is 1. The summed E-state index contributed by atoms with van der Waals surface area (Å²) in [6, 6.07) is 6.57. The van der Waals surface area contributed by atoms with Crippen molar-refractivity contribution in [2.45, 2.75) is 26.3 Å². The minimum Gasteiger partial charge on any atom is -0.371 e. The highest BCUT2D eigenvalue weighted by Crippen LogP contribution is 2.21. The third-order valence-electron chi connectivity index (χ3n) is 3.17. The molecule has 0 spiro atoms. The van der Waals surface area contributed by atoms with E-state index in [1.54, 1.807) is 0 Å². The van der Waals surface area contributed by atoms with E-state index in [4.69, 9.17) is 0 Å². The van der Waals surface area contributed by atoms with E-state index in [-0.39, 0.29) is 0 Å².